The van der Waals surface area contributed by atoms with Gasteiger partial charge in [-0.05, 0) is 31.5 Å². The molecule has 0 fully saturated rings. The van der Waals surface area contributed by atoms with Crippen molar-refractivity contribution in [3.8, 4) is 0 Å². The minimum absolute atomic E-state index is 0.0744. The zero-order chi connectivity index (χ0) is 12.7. The molecule has 0 aromatic heterocycles. The van der Waals surface area contributed by atoms with E-state index in [1.807, 2.05) is 26.0 Å². The molecule has 1 atom stereocenters. The molecule has 0 aliphatic rings. The fourth-order valence-corrected chi connectivity index (χ4v) is 1.84. The van der Waals surface area contributed by atoms with Gasteiger partial charge >= 0.3 is 0 Å². The predicted molar refractivity (Wildman–Crippen MR) is 70.9 cm³/mol. The van der Waals surface area contributed by atoms with Crippen molar-refractivity contribution >= 4 is 5.91 Å². The van der Waals surface area contributed by atoms with Gasteiger partial charge in [0.15, 0.2) is 0 Å². The average molecular weight is 234 g/mol. The largest absolute Gasteiger partial charge is 0.350 e. The van der Waals surface area contributed by atoms with Crippen molar-refractivity contribution in [2.45, 2.75) is 33.2 Å². The Morgan fingerprint density at radius 1 is 1.35 bits per heavy atom. The first kappa shape index (κ1) is 13.7. The lowest BCUT2D eigenvalue weighted by Gasteiger charge is -2.16. The van der Waals surface area contributed by atoms with E-state index in [9.17, 15) is 4.79 Å². The number of hydrogen-bond donors (Lipinski definition) is 2. The Morgan fingerprint density at radius 3 is 2.71 bits per heavy atom. The summed E-state index contributed by atoms with van der Waals surface area (Å²) in [5, 5.41) is 6.16. The van der Waals surface area contributed by atoms with Crippen LogP contribution in [0.3, 0.4) is 0 Å². The monoisotopic (exact) mass is 234 g/mol. The lowest BCUT2D eigenvalue weighted by Crippen LogP contribution is -2.30. The van der Waals surface area contributed by atoms with Gasteiger partial charge in [-0.15, -0.1) is 0 Å². The Balaban J connectivity index is 2.46. The van der Waals surface area contributed by atoms with E-state index < -0.39 is 0 Å². The van der Waals surface area contributed by atoms with Crippen molar-refractivity contribution in [3.05, 3.63) is 35.4 Å². The van der Waals surface area contributed by atoms with Gasteiger partial charge in [0.05, 0.1) is 6.04 Å². The molecule has 1 rings (SSSR count). The molecule has 0 heterocycles. The fourth-order valence-electron chi connectivity index (χ4n) is 1.84. The zero-order valence-electron chi connectivity index (χ0n) is 10.9. The third-order valence-electron chi connectivity index (χ3n) is 2.81. The molecule has 2 N–H and O–H groups in total. The molecule has 0 spiro atoms. The second-order valence-electron chi connectivity index (χ2n) is 4.25. The van der Waals surface area contributed by atoms with Gasteiger partial charge in [-0.1, -0.05) is 31.2 Å². The van der Waals surface area contributed by atoms with Crippen LogP contribution < -0.4 is 10.6 Å². The summed E-state index contributed by atoms with van der Waals surface area (Å²) in [6, 6.07) is 8.22. The van der Waals surface area contributed by atoms with E-state index in [2.05, 4.69) is 29.7 Å². The van der Waals surface area contributed by atoms with E-state index in [1.54, 1.807) is 0 Å². The second kappa shape index (κ2) is 7.07. The first-order chi connectivity index (χ1) is 8.15. The number of benzene rings is 1. The number of carbonyl (C=O) groups is 1. The third-order valence-corrected chi connectivity index (χ3v) is 2.81. The molecular formula is C14H22N2O. The summed E-state index contributed by atoms with van der Waals surface area (Å²) in [6.07, 6.45) is 0.532. The van der Waals surface area contributed by atoms with Crippen molar-refractivity contribution < 1.29 is 4.79 Å². The molecule has 1 amide bonds. The maximum absolute atomic E-state index is 11.7. The highest BCUT2D eigenvalue weighted by atomic mass is 16.1. The Bertz CT molecular complexity index is 363. The average Bonchev–Trinajstić information content (AvgIpc) is 2.29. The number of aryl methyl sites for hydroxylation is 1. The van der Waals surface area contributed by atoms with Crippen LogP contribution in [0, 0.1) is 6.92 Å². The topological polar surface area (TPSA) is 41.1 Å². The van der Waals surface area contributed by atoms with Gasteiger partial charge in [0.1, 0.15) is 0 Å². The van der Waals surface area contributed by atoms with E-state index in [0.717, 1.165) is 13.1 Å². The summed E-state index contributed by atoms with van der Waals surface area (Å²) in [5.74, 6) is 0.0988. The summed E-state index contributed by atoms with van der Waals surface area (Å²) in [7, 11) is 0. The maximum Gasteiger partial charge on any atom is 0.221 e. The first-order valence-corrected chi connectivity index (χ1v) is 6.20. The maximum atomic E-state index is 11.7. The summed E-state index contributed by atoms with van der Waals surface area (Å²) in [5.41, 5.74) is 2.40. The lowest BCUT2D eigenvalue weighted by atomic mass is 10.0. The van der Waals surface area contributed by atoms with E-state index in [0.29, 0.717) is 6.42 Å². The standard InChI is InChI=1S/C14H22N2O/c1-4-15-10-9-14(17)16-12(3)13-8-6-5-7-11(13)2/h5-8,12,15H,4,9-10H2,1-3H3,(H,16,17)/t12-/m1/s1. The number of carbonyl (C=O) groups excluding carboxylic acids is 1. The van der Waals surface area contributed by atoms with Crippen molar-refractivity contribution in [3.63, 3.8) is 0 Å². The number of rotatable bonds is 6. The van der Waals surface area contributed by atoms with Crippen LogP contribution in [0.2, 0.25) is 0 Å². The summed E-state index contributed by atoms with van der Waals surface area (Å²) >= 11 is 0. The van der Waals surface area contributed by atoms with E-state index >= 15 is 0 Å². The molecule has 0 radical (unpaired) electrons. The lowest BCUT2D eigenvalue weighted by molar-refractivity contribution is -0.121. The number of nitrogens with one attached hydrogen (secondary N) is 2. The molecule has 1 aromatic carbocycles. The highest BCUT2D eigenvalue weighted by Crippen LogP contribution is 2.16. The van der Waals surface area contributed by atoms with Crippen LogP contribution in [0.15, 0.2) is 24.3 Å². The molecule has 0 saturated heterocycles. The Morgan fingerprint density at radius 2 is 2.06 bits per heavy atom. The van der Waals surface area contributed by atoms with E-state index in [-0.39, 0.29) is 11.9 Å². The van der Waals surface area contributed by atoms with Crippen LogP contribution >= 0.6 is 0 Å². The molecule has 0 aliphatic heterocycles. The molecule has 94 valence electrons. The molecular weight excluding hydrogens is 212 g/mol. The SMILES string of the molecule is CCNCCC(=O)N[C@H](C)c1ccccc1C. The Kier molecular flexibility index (Phi) is 5.70. The molecule has 17 heavy (non-hydrogen) atoms. The predicted octanol–water partition coefficient (Wildman–Crippen LogP) is 2.17. The van der Waals surface area contributed by atoms with Crippen LogP contribution in [0.5, 0.6) is 0 Å². The molecule has 0 saturated carbocycles. The van der Waals surface area contributed by atoms with Gasteiger partial charge in [0.2, 0.25) is 5.91 Å². The Hall–Kier alpha value is -1.35. The van der Waals surface area contributed by atoms with Gasteiger partial charge in [0.25, 0.3) is 0 Å². The second-order valence-corrected chi connectivity index (χ2v) is 4.25. The quantitative estimate of drug-likeness (QED) is 0.741. The van der Waals surface area contributed by atoms with Crippen molar-refractivity contribution in [1.82, 2.24) is 10.6 Å². The van der Waals surface area contributed by atoms with E-state index in [4.69, 9.17) is 0 Å². The highest BCUT2D eigenvalue weighted by molar-refractivity contribution is 5.76. The molecule has 3 nitrogen and oxygen atoms in total. The van der Waals surface area contributed by atoms with Gasteiger partial charge < -0.3 is 10.6 Å². The summed E-state index contributed by atoms with van der Waals surface area (Å²) < 4.78 is 0. The molecule has 1 aromatic rings. The van der Waals surface area contributed by atoms with Crippen LogP contribution in [-0.4, -0.2) is 19.0 Å². The van der Waals surface area contributed by atoms with Gasteiger partial charge in [0, 0.05) is 13.0 Å². The molecule has 0 aliphatic carbocycles. The third kappa shape index (κ3) is 4.57. The molecule has 0 bridgehead atoms. The zero-order valence-corrected chi connectivity index (χ0v) is 10.9. The highest BCUT2D eigenvalue weighted by Gasteiger charge is 2.10. The van der Waals surface area contributed by atoms with Gasteiger partial charge in [-0.25, -0.2) is 0 Å². The molecule has 0 unspecified atom stereocenters. The normalized spacial score (nSPS) is 12.2. The number of amides is 1. The van der Waals surface area contributed by atoms with Gasteiger partial charge in [-0.3, -0.25) is 4.79 Å². The minimum atomic E-state index is 0.0744. The molecule has 3 heteroatoms. The van der Waals surface area contributed by atoms with Crippen LogP contribution in [0.1, 0.15) is 37.4 Å². The van der Waals surface area contributed by atoms with Crippen LogP contribution in [-0.2, 0) is 4.79 Å². The van der Waals surface area contributed by atoms with Crippen molar-refractivity contribution in [2.24, 2.45) is 0 Å². The van der Waals surface area contributed by atoms with Gasteiger partial charge in [-0.2, -0.15) is 0 Å². The fraction of sp³-hybridized carbons (Fsp3) is 0.500. The van der Waals surface area contributed by atoms with E-state index in [1.165, 1.54) is 11.1 Å². The van der Waals surface area contributed by atoms with Crippen molar-refractivity contribution in [2.75, 3.05) is 13.1 Å². The van der Waals surface area contributed by atoms with Crippen LogP contribution in [0.25, 0.3) is 0 Å². The first-order valence-electron chi connectivity index (χ1n) is 6.20. The number of hydrogen-bond acceptors (Lipinski definition) is 2. The smallest absolute Gasteiger partial charge is 0.221 e. The van der Waals surface area contributed by atoms with Crippen LogP contribution in [0.4, 0.5) is 0 Å². The minimum Gasteiger partial charge on any atom is -0.350 e. The Labute approximate surface area is 104 Å². The summed E-state index contributed by atoms with van der Waals surface area (Å²) in [4.78, 5) is 11.7. The summed E-state index contributed by atoms with van der Waals surface area (Å²) in [6.45, 7) is 7.77. The van der Waals surface area contributed by atoms with Crippen molar-refractivity contribution in [1.29, 1.82) is 0 Å².